The van der Waals surface area contributed by atoms with Gasteiger partial charge in [0.05, 0.1) is 5.69 Å². The molecule has 0 heterocycles. The Morgan fingerprint density at radius 1 is 1.38 bits per heavy atom. The molecule has 1 aromatic rings. The minimum absolute atomic E-state index is 0.155. The summed E-state index contributed by atoms with van der Waals surface area (Å²) in [5, 5.41) is 0. The third kappa shape index (κ3) is 4.08. The van der Waals surface area contributed by atoms with Crippen LogP contribution in [0.25, 0.3) is 0 Å². The molecule has 3 N–H and O–H groups in total. The second-order valence-electron chi connectivity index (χ2n) is 4.21. The first-order valence-corrected chi connectivity index (χ1v) is 5.69. The van der Waals surface area contributed by atoms with Crippen molar-refractivity contribution in [1.82, 2.24) is 0 Å². The molecule has 0 saturated heterocycles. The lowest BCUT2D eigenvalue weighted by atomic mass is 10.2. The summed E-state index contributed by atoms with van der Waals surface area (Å²) < 4.78 is 29.1. The van der Waals surface area contributed by atoms with Crippen molar-refractivity contribution in [3.8, 4) is 11.5 Å². The fourth-order valence-electron chi connectivity index (χ4n) is 1.10. The summed E-state index contributed by atoms with van der Waals surface area (Å²) >= 11 is -2.37. The van der Waals surface area contributed by atoms with Gasteiger partial charge < -0.3 is 14.7 Å². The molecule has 5 nitrogen and oxygen atoms in total. The number of hydrogen-bond acceptors (Lipinski definition) is 4. The first kappa shape index (κ1) is 12.8. The van der Waals surface area contributed by atoms with Gasteiger partial charge >= 0.3 is 11.4 Å². The molecule has 0 bridgehead atoms. The molecule has 1 unspecified atom stereocenters. The van der Waals surface area contributed by atoms with Gasteiger partial charge in [0.2, 0.25) is 0 Å². The normalized spacial score (nSPS) is 13.2. The smallest absolute Gasteiger partial charge is 0.357 e. The van der Waals surface area contributed by atoms with Gasteiger partial charge in [0, 0.05) is 6.07 Å². The minimum atomic E-state index is -2.37. The number of nitrogen functional groups attached to an aromatic ring is 1. The summed E-state index contributed by atoms with van der Waals surface area (Å²) in [6.45, 7) is 5.74. The summed E-state index contributed by atoms with van der Waals surface area (Å²) in [6.07, 6.45) is 0. The minimum Gasteiger partial charge on any atom is -0.488 e. The maximum Gasteiger partial charge on any atom is 0.357 e. The molecular weight excluding hydrogens is 230 g/mol. The molecule has 0 aromatic heterocycles. The van der Waals surface area contributed by atoms with E-state index in [-0.39, 0.29) is 17.0 Å². The van der Waals surface area contributed by atoms with Crippen molar-refractivity contribution >= 4 is 17.0 Å². The van der Waals surface area contributed by atoms with Gasteiger partial charge in [-0.3, -0.25) is 4.55 Å². The van der Waals surface area contributed by atoms with Crippen molar-refractivity contribution in [3.05, 3.63) is 18.2 Å². The zero-order valence-corrected chi connectivity index (χ0v) is 10.2. The van der Waals surface area contributed by atoms with Crippen LogP contribution in [0.5, 0.6) is 11.5 Å². The molecule has 0 fully saturated rings. The van der Waals surface area contributed by atoms with E-state index in [0.29, 0.717) is 5.75 Å². The van der Waals surface area contributed by atoms with Gasteiger partial charge in [-0.15, -0.1) is 0 Å². The van der Waals surface area contributed by atoms with E-state index in [1.165, 1.54) is 6.07 Å². The second-order valence-corrected chi connectivity index (χ2v) is 4.82. The highest BCUT2D eigenvalue weighted by Crippen LogP contribution is 2.28. The number of ether oxygens (including phenoxy) is 1. The average Bonchev–Trinajstić information content (AvgIpc) is 2.06. The lowest BCUT2D eigenvalue weighted by Gasteiger charge is -2.21. The van der Waals surface area contributed by atoms with Gasteiger partial charge in [-0.25, -0.2) is 0 Å². The maximum atomic E-state index is 10.4. The topological polar surface area (TPSA) is 81.8 Å². The van der Waals surface area contributed by atoms with Gasteiger partial charge in [0.1, 0.15) is 11.4 Å². The Labute approximate surface area is 97.0 Å². The number of rotatable bonds is 3. The van der Waals surface area contributed by atoms with Crippen LogP contribution in [0.4, 0.5) is 5.69 Å². The lowest BCUT2D eigenvalue weighted by Crippen LogP contribution is -2.22. The molecule has 90 valence electrons. The lowest BCUT2D eigenvalue weighted by molar-refractivity contribution is 0.131. The number of hydrogen-bond donors (Lipinski definition) is 2. The largest absolute Gasteiger partial charge is 0.488 e. The zero-order valence-electron chi connectivity index (χ0n) is 9.39. The van der Waals surface area contributed by atoms with Gasteiger partial charge in [-0.1, -0.05) is 0 Å². The summed E-state index contributed by atoms with van der Waals surface area (Å²) in [6, 6.07) is 4.67. The first-order valence-electron chi connectivity index (χ1n) is 4.65. The van der Waals surface area contributed by atoms with E-state index in [2.05, 4.69) is 4.18 Å². The van der Waals surface area contributed by atoms with Gasteiger partial charge in [-0.2, -0.15) is 4.21 Å². The molecule has 1 rings (SSSR count). The average molecular weight is 245 g/mol. The van der Waals surface area contributed by atoms with Crippen LogP contribution in [0.2, 0.25) is 0 Å². The molecule has 6 heteroatoms. The number of benzene rings is 1. The van der Waals surface area contributed by atoms with Gasteiger partial charge in [-0.05, 0) is 32.9 Å². The van der Waals surface area contributed by atoms with Crippen molar-refractivity contribution in [3.63, 3.8) is 0 Å². The first-order chi connectivity index (χ1) is 7.28. The highest BCUT2D eigenvalue weighted by atomic mass is 32.2. The van der Waals surface area contributed by atoms with E-state index >= 15 is 0 Å². The van der Waals surface area contributed by atoms with E-state index in [0.717, 1.165) is 0 Å². The molecule has 0 aliphatic heterocycles. The number of anilines is 1. The van der Waals surface area contributed by atoms with Crippen molar-refractivity contribution in [2.24, 2.45) is 0 Å². The summed E-state index contributed by atoms with van der Waals surface area (Å²) in [5.74, 6) is 0.739. The van der Waals surface area contributed by atoms with Crippen LogP contribution in [-0.2, 0) is 11.4 Å². The van der Waals surface area contributed by atoms with E-state index in [9.17, 15) is 4.21 Å². The number of nitrogens with two attached hydrogens (primary N) is 1. The molecule has 1 aromatic carbocycles. The molecule has 0 saturated carbocycles. The van der Waals surface area contributed by atoms with Crippen LogP contribution in [-0.4, -0.2) is 14.4 Å². The van der Waals surface area contributed by atoms with E-state index in [1.807, 2.05) is 20.8 Å². The summed E-state index contributed by atoms with van der Waals surface area (Å²) in [5.41, 5.74) is 5.57. The van der Waals surface area contributed by atoms with Crippen LogP contribution in [0.15, 0.2) is 18.2 Å². The Hall–Kier alpha value is -1.27. The Morgan fingerprint density at radius 3 is 2.44 bits per heavy atom. The van der Waals surface area contributed by atoms with Crippen molar-refractivity contribution < 1.29 is 17.7 Å². The Kier molecular flexibility index (Phi) is 3.77. The molecule has 0 aliphatic carbocycles. The van der Waals surface area contributed by atoms with Crippen molar-refractivity contribution in [2.45, 2.75) is 26.4 Å². The second kappa shape index (κ2) is 4.71. The van der Waals surface area contributed by atoms with Gasteiger partial charge in [0.15, 0.2) is 5.75 Å². The molecule has 0 spiro atoms. The predicted octanol–water partition coefficient (Wildman–Crippen LogP) is 1.96. The maximum absolute atomic E-state index is 10.4. The fourth-order valence-corrected chi connectivity index (χ4v) is 1.40. The third-order valence-corrected chi connectivity index (χ3v) is 1.89. The Morgan fingerprint density at radius 2 is 2.00 bits per heavy atom. The third-order valence-electron chi connectivity index (χ3n) is 1.57. The van der Waals surface area contributed by atoms with E-state index in [4.69, 9.17) is 15.0 Å². The SMILES string of the molecule is CC(C)(C)Oc1ccc(OS(=O)O)c(N)c1. The molecule has 0 aliphatic rings. The van der Waals surface area contributed by atoms with Crippen molar-refractivity contribution in [2.75, 3.05) is 5.73 Å². The summed E-state index contributed by atoms with van der Waals surface area (Å²) in [4.78, 5) is 0. The predicted molar refractivity (Wildman–Crippen MR) is 62.6 cm³/mol. The standard InChI is InChI=1S/C10H15NO4S/c1-10(2,3)14-7-4-5-9(8(11)6-7)15-16(12)13/h4-6H,11H2,1-3H3,(H,12,13). The van der Waals surface area contributed by atoms with Crippen molar-refractivity contribution in [1.29, 1.82) is 0 Å². The molecular formula is C10H15NO4S. The molecule has 0 amide bonds. The van der Waals surface area contributed by atoms with Crippen LogP contribution in [0.1, 0.15) is 20.8 Å². The fraction of sp³-hybridized carbons (Fsp3) is 0.400. The van der Waals surface area contributed by atoms with Crippen LogP contribution in [0.3, 0.4) is 0 Å². The molecule has 16 heavy (non-hydrogen) atoms. The Balaban J connectivity index is 2.87. The van der Waals surface area contributed by atoms with E-state index in [1.54, 1.807) is 12.1 Å². The summed E-state index contributed by atoms with van der Waals surface area (Å²) in [7, 11) is 0. The van der Waals surface area contributed by atoms with Crippen LogP contribution in [0, 0.1) is 0 Å². The quantitative estimate of drug-likeness (QED) is 0.628. The molecule has 1 atom stereocenters. The highest BCUT2D eigenvalue weighted by molar-refractivity contribution is 7.74. The van der Waals surface area contributed by atoms with E-state index < -0.39 is 11.4 Å². The monoisotopic (exact) mass is 245 g/mol. The van der Waals surface area contributed by atoms with Gasteiger partial charge in [0.25, 0.3) is 0 Å². The Bertz CT molecular complexity index is 400. The highest BCUT2D eigenvalue weighted by Gasteiger charge is 2.13. The molecule has 0 radical (unpaired) electrons. The zero-order chi connectivity index (χ0) is 12.3. The van der Waals surface area contributed by atoms with Crippen LogP contribution < -0.4 is 14.7 Å². The van der Waals surface area contributed by atoms with Crippen LogP contribution >= 0.6 is 0 Å².